The van der Waals surface area contributed by atoms with Gasteiger partial charge >= 0.3 is 6.09 Å². The van der Waals surface area contributed by atoms with Crippen LogP contribution in [0.3, 0.4) is 0 Å². The van der Waals surface area contributed by atoms with E-state index in [1.165, 1.54) is 7.11 Å². The number of carbonyl (C=O) groups excluding carboxylic acids is 2. The predicted octanol–water partition coefficient (Wildman–Crippen LogP) is 7.71. The number of pyridine rings is 1. The van der Waals surface area contributed by atoms with Gasteiger partial charge in [-0.3, -0.25) is 9.78 Å². The molecule has 2 amide bonds. The number of H-pyrrole nitrogens is 2. The first-order valence-corrected chi connectivity index (χ1v) is 18.1. The fraction of sp³-hybridized carbons (Fsp3) is 0.341. The molecule has 274 valence electrons. The Morgan fingerprint density at radius 2 is 1.38 bits per heavy atom. The van der Waals surface area contributed by atoms with Gasteiger partial charge < -0.3 is 34.6 Å². The minimum Gasteiger partial charge on any atom is -0.474 e. The molecule has 3 aromatic heterocycles. The second kappa shape index (κ2) is 15.0. The Bertz CT molecular complexity index is 2050. The van der Waals surface area contributed by atoms with Crippen molar-refractivity contribution in [3.63, 3.8) is 0 Å². The quantitative estimate of drug-likeness (QED) is 0.125. The Morgan fingerprint density at radius 3 is 1.98 bits per heavy atom. The predicted molar refractivity (Wildman–Crippen MR) is 202 cm³/mol. The lowest BCUT2D eigenvalue weighted by atomic mass is 10.0. The number of nitrogens with one attached hydrogen (secondary N) is 3. The highest BCUT2D eigenvalue weighted by Gasteiger charge is 2.37. The van der Waals surface area contributed by atoms with E-state index in [1.54, 1.807) is 11.1 Å². The number of amides is 2. The second-order valence-electron chi connectivity index (χ2n) is 14.5. The van der Waals surface area contributed by atoms with Gasteiger partial charge in [0.1, 0.15) is 23.3 Å². The molecule has 0 spiro atoms. The summed E-state index contributed by atoms with van der Waals surface area (Å²) in [6, 6.07) is 20.4. The van der Waals surface area contributed by atoms with Gasteiger partial charge in [0.25, 0.3) is 5.91 Å². The van der Waals surface area contributed by atoms with Gasteiger partial charge in [0.2, 0.25) is 0 Å². The SMILES string of the molecule is C=C(OC(C)(C)C)N1CCC[C@H]1c1ncc(-c2ccc(-c3ccc(-c4cnc([C@@H]5CCCN5C(=O)[C@H](NC(=O)OC)c5ccccc5)[nH]4)cc3)nc2)[nH]1. The molecule has 0 aliphatic carbocycles. The summed E-state index contributed by atoms with van der Waals surface area (Å²) in [6.07, 6.45) is 8.50. The lowest BCUT2D eigenvalue weighted by Gasteiger charge is -2.32. The number of benzene rings is 2. The second-order valence-corrected chi connectivity index (χ2v) is 14.5. The lowest BCUT2D eigenvalue weighted by molar-refractivity contribution is -0.134. The maximum Gasteiger partial charge on any atom is 0.407 e. The van der Waals surface area contributed by atoms with Crippen molar-refractivity contribution in [1.29, 1.82) is 0 Å². The molecule has 2 saturated heterocycles. The van der Waals surface area contributed by atoms with Crippen LogP contribution in [0.2, 0.25) is 0 Å². The lowest BCUT2D eigenvalue weighted by Crippen LogP contribution is -2.42. The molecular formula is C41H46N8O4. The number of ether oxygens (including phenoxy) is 2. The fourth-order valence-electron chi connectivity index (χ4n) is 7.20. The van der Waals surface area contributed by atoms with Gasteiger partial charge in [-0.2, -0.15) is 0 Å². The van der Waals surface area contributed by atoms with Crippen molar-refractivity contribution < 1.29 is 19.1 Å². The average Bonchev–Trinajstić information content (AvgIpc) is 4.00. The summed E-state index contributed by atoms with van der Waals surface area (Å²) in [7, 11) is 1.29. The fourth-order valence-corrected chi connectivity index (χ4v) is 7.20. The van der Waals surface area contributed by atoms with E-state index in [0.717, 1.165) is 71.8 Å². The molecule has 7 rings (SSSR count). The van der Waals surface area contributed by atoms with Crippen molar-refractivity contribution in [2.24, 2.45) is 0 Å². The van der Waals surface area contributed by atoms with E-state index < -0.39 is 12.1 Å². The Morgan fingerprint density at radius 1 is 0.792 bits per heavy atom. The van der Waals surface area contributed by atoms with Crippen LogP contribution in [0.25, 0.3) is 33.8 Å². The van der Waals surface area contributed by atoms with E-state index in [2.05, 4.69) is 32.8 Å². The van der Waals surface area contributed by atoms with E-state index >= 15 is 0 Å². The maximum atomic E-state index is 13.9. The summed E-state index contributed by atoms with van der Waals surface area (Å²) in [6.45, 7) is 11.7. The maximum absolute atomic E-state index is 13.9. The molecule has 2 aliphatic rings. The number of hydrogen-bond donors (Lipinski definition) is 3. The van der Waals surface area contributed by atoms with Gasteiger partial charge in [0, 0.05) is 30.4 Å². The van der Waals surface area contributed by atoms with Gasteiger partial charge in [0.15, 0.2) is 5.88 Å². The monoisotopic (exact) mass is 714 g/mol. The molecule has 5 heterocycles. The van der Waals surface area contributed by atoms with E-state index in [-0.39, 0.29) is 23.6 Å². The first-order valence-electron chi connectivity index (χ1n) is 18.1. The number of alkyl carbamates (subject to hydrolysis) is 1. The molecule has 12 nitrogen and oxygen atoms in total. The summed E-state index contributed by atoms with van der Waals surface area (Å²) in [5.41, 5.74) is 5.92. The number of carbonyl (C=O) groups is 2. The highest BCUT2D eigenvalue weighted by molar-refractivity contribution is 5.87. The molecule has 2 aromatic carbocycles. The Balaban J connectivity index is 1.01. The molecule has 53 heavy (non-hydrogen) atoms. The zero-order valence-electron chi connectivity index (χ0n) is 30.6. The van der Waals surface area contributed by atoms with Crippen molar-refractivity contribution in [3.8, 4) is 33.8 Å². The van der Waals surface area contributed by atoms with Crippen LogP contribution < -0.4 is 5.32 Å². The van der Waals surface area contributed by atoms with Gasteiger partial charge in [-0.15, -0.1) is 0 Å². The van der Waals surface area contributed by atoms with Crippen LogP contribution in [0.15, 0.2) is 97.8 Å². The molecule has 3 N–H and O–H groups in total. The molecule has 0 unspecified atom stereocenters. The van der Waals surface area contributed by atoms with E-state index in [9.17, 15) is 9.59 Å². The average molecular weight is 715 g/mol. The smallest absolute Gasteiger partial charge is 0.407 e. The van der Waals surface area contributed by atoms with E-state index in [4.69, 9.17) is 24.4 Å². The number of nitrogens with zero attached hydrogens (tertiary/aromatic N) is 5. The minimum absolute atomic E-state index is 0.0946. The number of hydrogen-bond acceptors (Lipinski definition) is 8. The topological polar surface area (TPSA) is 141 Å². The third-order valence-corrected chi connectivity index (χ3v) is 9.75. The number of aromatic amines is 2. The molecule has 0 saturated carbocycles. The standard InChI is InChI=1S/C41H46N8O4/c1-26(53-41(2,3)4)48-21-9-13-34(48)37-44-25-33(46-37)30-19-20-31(42-23-30)27-15-17-28(18-16-27)32-24-43-38(45-32)35-14-10-22-49(35)39(50)36(47-40(51)52-5)29-11-7-6-8-12-29/h6-8,11-12,15-20,23-25,34-36H,1,9-10,13-14,21-22H2,2-5H3,(H,43,45)(H,44,46)(H,47,51)/t34-,35-,36+/m0/s1. The van der Waals surface area contributed by atoms with Crippen LogP contribution >= 0.6 is 0 Å². The van der Waals surface area contributed by atoms with Crippen molar-refractivity contribution in [2.75, 3.05) is 20.2 Å². The van der Waals surface area contributed by atoms with Gasteiger partial charge in [-0.05, 0) is 76.3 Å². The molecule has 12 heteroatoms. The van der Waals surface area contributed by atoms with E-state index in [0.29, 0.717) is 23.8 Å². The first kappa shape index (κ1) is 35.5. The van der Waals surface area contributed by atoms with E-state index in [1.807, 2.05) is 93.8 Å². The number of methoxy groups -OCH3 is 1. The molecule has 0 radical (unpaired) electrons. The van der Waals surface area contributed by atoms with Crippen molar-refractivity contribution in [3.05, 3.63) is 115 Å². The largest absolute Gasteiger partial charge is 0.474 e. The van der Waals surface area contributed by atoms with Crippen molar-refractivity contribution in [2.45, 2.75) is 70.2 Å². The third kappa shape index (κ3) is 7.81. The van der Waals surface area contributed by atoms with Crippen LogP contribution in [0, 0.1) is 0 Å². The molecule has 0 bridgehead atoms. The highest BCUT2D eigenvalue weighted by atomic mass is 16.5. The Kier molecular flexibility index (Phi) is 10.0. The summed E-state index contributed by atoms with van der Waals surface area (Å²) >= 11 is 0. The van der Waals surface area contributed by atoms with Crippen molar-refractivity contribution in [1.82, 2.24) is 40.0 Å². The van der Waals surface area contributed by atoms with Crippen LogP contribution in [0.1, 0.15) is 81.8 Å². The summed E-state index contributed by atoms with van der Waals surface area (Å²) in [4.78, 5) is 51.2. The summed E-state index contributed by atoms with van der Waals surface area (Å²) < 4.78 is 10.9. The summed E-state index contributed by atoms with van der Waals surface area (Å²) in [5.74, 6) is 2.09. The highest BCUT2D eigenvalue weighted by Crippen LogP contribution is 2.36. The zero-order valence-corrected chi connectivity index (χ0v) is 30.6. The number of aromatic nitrogens is 5. The normalized spacial score (nSPS) is 17.8. The minimum atomic E-state index is -0.867. The van der Waals surface area contributed by atoms with Crippen LogP contribution in [-0.4, -0.2) is 72.5 Å². The van der Waals surface area contributed by atoms with Gasteiger partial charge in [-0.1, -0.05) is 54.6 Å². The van der Waals surface area contributed by atoms with Crippen LogP contribution in [-0.2, 0) is 14.3 Å². The molecule has 3 atom stereocenters. The van der Waals surface area contributed by atoms with Crippen LogP contribution in [0.5, 0.6) is 0 Å². The van der Waals surface area contributed by atoms with Gasteiger partial charge in [0.05, 0.1) is 48.7 Å². The number of imidazole rings is 2. The first-order chi connectivity index (χ1) is 25.6. The Labute approximate surface area is 309 Å². The number of rotatable bonds is 10. The molecule has 2 fully saturated rings. The number of likely N-dealkylation sites (tertiary alicyclic amines) is 2. The molecule has 5 aromatic rings. The van der Waals surface area contributed by atoms with Gasteiger partial charge in [-0.25, -0.2) is 14.8 Å². The van der Waals surface area contributed by atoms with Crippen LogP contribution in [0.4, 0.5) is 4.79 Å². The zero-order chi connectivity index (χ0) is 37.1. The Hall–Kier alpha value is -5.91. The third-order valence-electron chi connectivity index (χ3n) is 9.75. The molecule has 2 aliphatic heterocycles. The summed E-state index contributed by atoms with van der Waals surface area (Å²) in [5, 5.41) is 2.71. The van der Waals surface area contributed by atoms with Crippen molar-refractivity contribution >= 4 is 12.0 Å². The molecular weight excluding hydrogens is 669 g/mol.